The highest BCUT2D eigenvalue weighted by molar-refractivity contribution is 8.00. The molecule has 0 saturated heterocycles. The van der Waals surface area contributed by atoms with Crippen LogP contribution in [0.5, 0.6) is 0 Å². The number of methoxy groups -OCH3 is 1. The van der Waals surface area contributed by atoms with Gasteiger partial charge in [0.1, 0.15) is 6.04 Å². The van der Waals surface area contributed by atoms with Gasteiger partial charge in [-0.25, -0.2) is 0 Å². The van der Waals surface area contributed by atoms with Crippen molar-refractivity contribution < 1.29 is 9.53 Å². The van der Waals surface area contributed by atoms with E-state index in [1.54, 1.807) is 11.8 Å². The van der Waals surface area contributed by atoms with Gasteiger partial charge in [0.15, 0.2) is 0 Å². The van der Waals surface area contributed by atoms with Gasteiger partial charge in [0, 0.05) is 9.64 Å². The molecule has 0 heterocycles. The second-order valence-electron chi connectivity index (χ2n) is 4.75. The van der Waals surface area contributed by atoms with Crippen LogP contribution in [0.1, 0.15) is 32.4 Å². The van der Waals surface area contributed by atoms with Crippen molar-refractivity contribution in [3.8, 4) is 0 Å². The summed E-state index contributed by atoms with van der Waals surface area (Å²) in [5, 5.41) is 0. The summed E-state index contributed by atoms with van der Waals surface area (Å²) < 4.78 is 4.75. The van der Waals surface area contributed by atoms with Gasteiger partial charge in [-0.2, -0.15) is 0 Å². The van der Waals surface area contributed by atoms with E-state index in [1.165, 1.54) is 7.11 Å². The number of ether oxygens (including phenoxy) is 1. The molecule has 0 aliphatic heterocycles. The van der Waals surface area contributed by atoms with E-state index in [2.05, 4.69) is 25.5 Å². The summed E-state index contributed by atoms with van der Waals surface area (Å²) in [4.78, 5) is 12.5. The van der Waals surface area contributed by atoms with E-state index in [0.717, 1.165) is 10.5 Å². The molecule has 1 aromatic rings. The van der Waals surface area contributed by atoms with Crippen LogP contribution in [0.3, 0.4) is 0 Å². The van der Waals surface area contributed by atoms with Crippen LogP contribution in [0, 0.1) is 0 Å². The molecule has 18 heavy (non-hydrogen) atoms. The molecule has 1 aromatic carbocycles. The number of nitrogens with two attached hydrogens (primary N) is 1. The highest BCUT2D eigenvalue weighted by Gasteiger charge is 2.22. The molecule has 0 unspecified atom stereocenters. The minimum absolute atomic E-state index is 0. The van der Waals surface area contributed by atoms with Crippen molar-refractivity contribution in [3.05, 3.63) is 29.8 Å². The smallest absolute Gasteiger partial charge is 0.327 e. The van der Waals surface area contributed by atoms with Gasteiger partial charge >= 0.3 is 5.97 Å². The van der Waals surface area contributed by atoms with Gasteiger partial charge in [-0.15, -0.1) is 24.2 Å². The summed E-state index contributed by atoms with van der Waals surface area (Å²) in [6.07, 6.45) is 0. The monoisotopic (exact) mass is 289 g/mol. The Hall–Kier alpha value is -0.710. The van der Waals surface area contributed by atoms with Gasteiger partial charge in [-0.1, -0.05) is 39.0 Å². The zero-order chi connectivity index (χ0) is 13.1. The van der Waals surface area contributed by atoms with Crippen molar-refractivity contribution in [2.24, 2.45) is 5.73 Å². The van der Waals surface area contributed by atoms with E-state index in [1.807, 2.05) is 24.3 Å². The molecular formula is C13H20ClNO2S. The Labute approximate surface area is 119 Å². The molecule has 0 fully saturated rings. The normalized spacial score (nSPS) is 12.5. The Morgan fingerprint density at radius 3 is 2.39 bits per heavy atom. The van der Waals surface area contributed by atoms with E-state index in [9.17, 15) is 4.79 Å². The Kier molecular flexibility index (Phi) is 6.74. The number of rotatable bonds is 3. The highest BCUT2D eigenvalue weighted by Crippen LogP contribution is 2.35. The minimum atomic E-state index is -0.717. The number of thioether (sulfide) groups is 1. The maximum atomic E-state index is 11.5. The average Bonchev–Trinajstić information content (AvgIpc) is 2.25. The van der Waals surface area contributed by atoms with Gasteiger partial charge in [0.25, 0.3) is 0 Å². The maximum absolute atomic E-state index is 11.5. The van der Waals surface area contributed by atoms with Crippen molar-refractivity contribution in [2.45, 2.75) is 36.5 Å². The molecule has 0 aliphatic carbocycles. The predicted octanol–water partition coefficient (Wildman–Crippen LogP) is 3.17. The molecular weight excluding hydrogens is 270 g/mol. The molecule has 3 nitrogen and oxygen atoms in total. The van der Waals surface area contributed by atoms with Crippen LogP contribution in [0.4, 0.5) is 0 Å². The lowest BCUT2D eigenvalue weighted by Gasteiger charge is -2.21. The van der Waals surface area contributed by atoms with E-state index in [0.29, 0.717) is 0 Å². The maximum Gasteiger partial charge on any atom is 0.327 e. The van der Waals surface area contributed by atoms with Gasteiger partial charge < -0.3 is 10.5 Å². The van der Waals surface area contributed by atoms with Gasteiger partial charge in [-0.05, 0) is 11.6 Å². The fourth-order valence-electron chi connectivity index (χ4n) is 1.41. The standard InChI is InChI=1S/C13H19NO2S.ClH/c1-13(2,3)17-10-8-6-5-7-9(10)11(14)12(15)16-4;/h5-8,11H,14H2,1-4H3;1H/t11-;/m1./s1. The predicted molar refractivity (Wildman–Crippen MR) is 78.2 cm³/mol. The topological polar surface area (TPSA) is 52.3 Å². The Morgan fingerprint density at radius 1 is 1.33 bits per heavy atom. The average molecular weight is 290 g/mol. The summed E-state index contributed by atoms with van der Waals surface area (Å²) in [5.74, 6) is -0.410. The molecule has 0 saturated carbocycles. The molecule has 0 aliphatic rings. The van der Waals surface area contributed by atoms with E-state index >= 15 is 0 Å². The lowest BCUT2D eigenvalue weighted by Crippen LogP contribution is -2.23. The van der Waals surface area contributed by atoms with E-state index in [-0.39, 0.29) is 17.2 Å². The fourth-order valence-corrected chi connectivity index (χ4v) is 2.53. The largest absolute Gasteiger partial charge is 0.468 e. The molecule has 2 N–H and O–H groups in total. The van der Waals surface area contributed by atoms with Crippen LogP contribution in [0.25, 0.3) is 0 Å². The molecule has 0 aromatic heterocycles. The lowest BCUT2D eigenvalue weighted by atomic mass is 10.1. The third-order valence-electron chi connectivity index (χ3n) is 2.13. The fraction of sp³-hybridized carbons (Fsp3) is 0.462. The van der Waals surface area contributed by atoms with Crippen LogP contribution in [0.15, 0.2) is 29.2 Å². The highest BCUT2D eigenvalue weighted by atomic mass is 35.5. The van der Waals surface area contributed by atoms with Crippen LogP contribution in [-0.4, -0.2) is 17.8 Å². The summed E-state index contributed by atoms with van der Waals surface area (Å²) >= 11 is 1.70. The van der Waals surface area contributed by atoms with Gasteiger partial charge in [0.2, 0.25) is 0 Å². The van der Waals surface area contributed by atoms with Crippen LogP contribution < -0.4 is 5.73 Å². The van der Waals surface area contributed by atoms with E-state index in [4.69, 9.17) is 5.73 Å². The first-order chi connectivity index (χ1) is 7.85. The third-order valence-corrected chi connectivity index (χ3v) is 3.33. The lowest BCUT2D eigenvalue weighted by molar-refractivity contribution is -0.142. The van der Waals surface area contributed by atoms with Crippen LogP contribution in [0.2, 0.25) is 0 Å². The van der Waals surface area contributed by atoms with Gasteiger partial charge in [0.05, 0.1) is 7.11 Å². The molecule has 0 bridgehead atoms. The molecule has 1 atom stereocenters. The molecule has 0 amide bonds. The van der Waals surface area contributed by atoms with Crippen molar-refractivity contribution in [1.82, 2.24) is 0 Å². The SMILES string of the molecule is COC(=O)[C@H](N)c1ccccc1SC(C)(C)C.Cl. The zero-order valence-electron chi connectivity index (χ0n) is 11.1. The van der Waals surface area contributed by atoms with Crippen molar-refractivity contribution in [2.75, 3.05) is 7.11 Å². The quantitative estimate of drug-likeness (QED) is 0.686. The number of hydrogen-bond acceptors (Lipinski definition) is 4. The Balaban J connectivity index is 0.00000289. The third kappa shape index (κ3) is 4.88. The number of carbonyl (C=O) groups is 1. The number of carbonyl (C=O) groups excluding carboxylic acids is 1. The summed E-state index contributed by atoms with van der Waals surface area (Å²) in [7, 11) is 1.35. The summed E-state index contributed by atoms with van der Waals surface area (Å²) in [6.45, 7) is 6.37. The number of hydrogen-bond donors (Lipinski definition) is 1. The van der Waals surface area contributed by atoms with Crippen molar-refractivity contribution in [1.29, 1.82) is 0 Å². The first-order valence-corrected chi connectivity index (χ1v) is 6.28. The Bertz CT molecular complexity index is 404. The summed E-state index contributed by atoms with van der Waals surface area (Å²) in [6, 6.07) is 6.96. The van der Waals surface area contributed by atoms with Gasteiger partial charge in [-0.3, -0.25) is 4.79 Å². The molecule has 1 rings (SSSR count). The molecule has 5 heteroatoms. The Morgan fingerprint density at radius 2 is 1.89 bits per heavy atom. The van der Waals surface area contributed by atoms with Crippen LogP contribution in [-0.2, 0) is 9.53 Å². The van der Waals surface area contributed by atoms with Crippen LogP contribution >= 0.6 is 24.2 Å². The van der Waals surface area contributed by atoms with Crippen molar-refractivity contribution in [3.63, 3.8) is 0 Å². The molecule has 0 spiro atoms. The molecule has 102 valence electrons. The number of benzene rings is 1. The number of halogens is 1. The first kappa shape index (κ1) is 17.3. The molecule has 0 radical (unpaired) electrons. The van der Waals surface area contributed by atoms with Crippen molar-refractivity contribution >= 4 is 30.1 Å². The zero-order valence-corrected chi connectivity index (χ0v) is 12.7. The minimum Gasteiger partial charge on any atom is -0.468 e. The first-order valence-electron chi connectivity index (χ1n) is 5.46. The second kappa shape index (κ2) is 7.02. The number of esters is 1. The van der Waals surface area contributed by atoms with E-state index < -0.39 is 12.0 Å². The second-order valence-corrected chi connectivity index (χ2v) is 6.62. The summed E-state index contributed by atoms with van der Waals surface area (Å²) in [5.41, 5.74) is 6.70.